The highest BCUT2D eigenvalue weighted by atomic mass is 16.6. The molecule has 0 aliphatic carbocycles. The molecule has 10 heteroatoms. The topological polar surface area (TPSA) is 149 Å². The highest BCUT2D eigenvalue weighted by Gasteiger charge is 2.53. The maximum absolute atomic E-state index is 12.8. The number of likely N-dealkylation sites (tertiary alicyclic amines) is 1. The molecule has 0 aromatic heterocycles. The second kappa shape index (κ2) is 7.62. The summed E-state index contributed by atoms with van der Waals surface area (Å²) in [6, 6.07) is 0. The van der Waals surface area contributed by atoms with Crippen molar-refractivity contribution in [3.05, 3.63) is 16.7 Å². The molecule has 3 aliphatic heterocycles. The summed E-state index contributed by atoms with van der Waals surface area (Å²) in [7, 11) is 1.27. The summed E-state index contributed by atoms with van der Waals surface area (Å²) in [6.07, 6.45) is -4.57. The van der Waals surface area contributed by atoms with Gasteiger partial charge in [0.15, 0.2) is 17.6 Å². The number of phenolic OH excluding ortho intramolecular Hbond substituents is 2. The molecule has 0 saturated carbocycles. The Hall–Kier alpha value is -2.11. The minimum Gasteiger partial charge on any atom is -0.504 e. The first-order valence-electron chi connectivity index (χ1n) is 9.59. The number of ether oxygens (including phenoxy) is 3. The Balaban J connectivity index is 1.87. The summed E-state index contributed by atoms with van der Waals surface area (Å²) in [5.41, 5.74) is 0.207. The van der Waals surface area contributed by atoms with Gasteiger partial charge in [-0.3, -0.25) is 4.90 Å². The summed E-state index contributed by atoms with van der Waals surface area (Å²) in [6.45, 7) is 1.26. The summed E-state index contributed by atoms with van der Waals surface area (Å²) < 4.78 is 16.2. The summed E-state index contributed by atoms with van der Waals surface area (Å²) in [5.74, 6) is -1.92. The van der Waals surface area contributed by atoms with Gasteiger partial charge in [0.25, 0.3) is 0 Å². The van der Waals surface area contributed by atoms with Gasteiger partial charge in [-0.1, -0.05) is 0 Å². The van der Waals surface area contributed by atoms with Gasteiger partial charge in [-0.2, -0.15) is 0 Å². The van der Waals surface area contributed by atoms with Crippen LogP contribution in [0.25, 0.3) is 0 Å². The fraction of sp³-hybridized carbons (Fsp3) is 0.632. The van der Waals surface area contributed by atoms with Crippen LogP contribution in [0.5, 0.6) is 17.2 Å². The molecule has 0 radical (unpaired) electrons. The van der Waals surface area contributed by atoms with Crippen LogP contribution in [0.1, 0.15) is 40.4 Å². The standard InChI is InChI=1S/C19H25NO9/c1-27-17-12(22)8(6-20-4-2-3-5-20)10-11(14(17)24)16-18(29-19(10)26)15(25)13(23)9(7-21)28-16/h9,13,15-16,18,21-25H,2-7H2,1H3/t9-,13-,15+,16-,18-/m1/s1. The van der Waals surface area contributed by atoms with Crippen LogP contribution in [0.3, 0.4) is 0 Å². The molecule has 0 spiro atoms. The molecular formula is C19H25NO9. The Morgan fingerprint density at radius 3 is 2.45 bits per heavy atom. The molecule has 0 amide bonds. The monoisotopic (exact) mass is 411 g/mol. The van der Waals surface area contributed by atoms with Crippen LogP contribution in [0.15, 0.2) is 0 Å². The molecule has 5 N–H and O–H groups in total. The zero-order valence-corrected chi connectivity index (χ0v) is 15.9. The van der Waals surface area contributed by atoms with Crippen LogP contribution >= 0.6 is 0 Å². The maximum atomic E-state index is 12.8. The fourth-order valence-corrected chi connectivity index (χ4v) is 4.43. The minimum atomic E-state index is -1.52. The number of aromatic hydroxyl groups is 2. The number of fused-ring (bicyclic) bond motifs is 3. The lowest BCUT2D eigenvalue weighted by molar-refractivity contribution is -0.235. The van der Waals surface area contributed by atoms with Crippen LogP contribution in [0.4, 0.5) is 0 Å². The van der Waals surface area contributed by atoms with E-state index in [-0.39, 0.29) is 34.7 Å². The van der Waals surface area contributed by atoms with Crippen molar-refractivity contribution in [1.82, 2.24) is 4.90 Å². The van der Waals surface area contributed by atoms with E-state index in [1.807, 2.05) is 0 Å². The Kier molecular flexibility index (Phi) is 5.30. The van der Waals surface area contributed by atoms with Crippen molar-refractivity contribution >= 4 is 5.97 Å². The second-order valence-corrected chi connectivity index (χ2v) is 7.61. The number of hydrogen-bond donors (Lipinski definition) is 5. The van der Waals surface area contributed by atoms with Crippen molar-refractivity contribution < 1.29 is 44.5 Å². The second-order valence-electron chi connectivity index (χ2n) is 7.61. The molecule has 2 fully saturated rings. The molecule has 1 aromatic rings. The van der Waals surface area contributed by atoms with E-state index in [9.17, 15) is 30.3 Å². The van der Waals surface area contributed by atoms with Crippen LogP contribution in [-0.4, -0.2) is 87.6 Å². The van der Waals surface area contributed by atoms with Gasteiger partial charge in [0.05, 0.1) is 19.3 Å². The Morgan fingerprint density at radius 1 is 1.14 bits per heavy atom. The largest absolute Gasteiger partial charge is 0.504 e. The predicted octanol–water partition coefficient (Wildman–Crippen LogP) is -0.605. The fourth-order valence-electron chi connectivity index (χ4n) is 4.43. The van der Waals surface area contributed by atoms with Gasteiger partial charge >= 0.3 is 5.97 Å². The molecule has 0 bridgehead atoms. The van der Waals surface area contributed by atoms with Gasteiger partial charge in [-0.15, -0.1) is 0 Å². The Labute approximate surface area is 166 Å². The number of hydrogen-bond acceptors (Lipinski definition) is 10. The van der Waals surface area contributed by atoms with E-state index < -0.39 is 48.8 Å². The number of carbonyl (C=O) groups excluding carboxylic acids is 1. The minimum absolute atomic E-state index is 0.0134. The van der Waals surface area contributed by atoms with Gasteiger partial charge in [0.2, 0.25) is 5.75 Å². The van der Waals surface area contributed by atoms with Crippen molar-refractivity contribution in [3.63, 3.8) is 0 Å². The van der Waals surface area contributed by atoms with Crippen LogP contribution in [0, 0.1) is 0 Å². The van der Waals surface area contributed by atoms with E-state index in [1.165, 1.54) is 7.11 Å². The first-order chi connectivity index (χ1) is 13.9. The lowest BCUT2D eigenvalue weighted by Gasteiger charge is -2.45. The Bertz CT molecular complexity index is 808. The average Bonchev–Trinajstić information content (AvgIpc) is 3.21. The molecule has 5 atom stereocenters. The van der Waals surface area contributed by atoms with Gasteiger partial charge < -0.3 is 39.7 Å². The van der Waals surface area contributed by atoms with E-state index in [0.29, 0.717) is 0 Å². The number of nitrogens with zero attached hydrogens (tertiary/aromatic N) is 1. The molecular weight excluding hydrogens is 386 g/mol. The first-order valence-corrected chi connectivity index (χ1v) is 9.59. The van der Waals surface area contributed by atoms with Crippen molar-refractivity contribution in [3.8, 4) is 17.2 Å². The molecule has 1 aromatic carbocycles. The average molecular weight is 411 g/mol. The number of esters is 1. The molecule has 0 unspecified atom stereocenters. The van der Waals surface area contributed by atoms with Crippen LogP contribution in [0.2, 0.25) is 0 Å². The van der Waals surface area contributed by atoms with Gasteiger partial charge in [-0.05, 0) is 25.9 Å². The normalized spacial score (nSPS) is 31.9. The first kappa shape index (κ1) is 20.2. The van der Waals surface area contributed by atoms with E-state index in [1.54, 1.807) is 0 Å². The number of aliphatic hydroxyl groups excluding tert-OH is 3. The van der Waals surface area contributed by atoms with Gasteiger partial charge in [-0.25, -0.2) is 4.79 Å². The summed E-state index contributed by atoms with van der Waals surface area (Å²) in [5, 5.41) is 51.5. The number of methoxy groups -OCH3 is 1. The maximum Gasteiger partial charge on any atom is 0.339 e. The lowest BCUT2D eigenvalue weighted by atomic mass is 9.84. The molecule has 2 saturated heterocycles. The highest BCUT2D eigenvalue weighted by molar-refractivity contribution is 5.97. The Morgan fingerprint density at radius 2 is 1.83 bits per heavy atom. The molecule has 3 heterocycles. The van der Waals surface area contributed by atoms with Crippen molar-refractivity contribution in [2.45, 2.75) is 49.9 Å². The predicted molar refractivity (Wildman–Crippen MR) is 96.8 cm³/mol. The quantitative estimate of drug-likeness (QED) is 0.406. The highest BCUT2D eigenvalue weighted by Crippen LogP contribution is 2.52. The smallest absolute Gasteiger partial charge is 0.339 e. The van der Waals surface area contributed by atoms with Crippen LogP contribution < -0.4 is 4.74 Å². The van der Waals surface area contributed by atoms with E-state index in [4.69, 9.17) is 14.2 Å². The van der Waals surface area contributed by atoms with E-state index in [2.05, 4.69) is 4.90 Å². The molecule has 29 heavy (non-hydrogen) atoms. The third-order valence-corrected chi connectivity index (χ3v) is 5.93. The molecule has 3 aliphatic rings. The molecule has 160 valence electrons. The van der Waals surface area contributed by atoms with Gasteiger partial charge in [0, 0.05) is 17.7 Å². The SMILES string of the molecule is COc1c(O)c(CN2CCCC2)c2c(c1O)[C@H]1O[C@H](CO)[C@@H](O)[C@H](O)[C@H]1OC2=O. The third kappa shape index (κ3) is 3.11. The van der Waals surface area contributed by atoms with E-state index >= 15 is 0 Å². The lowest BCUT2D eigenvalue weighted by Crippen LogP contribution is -2.58. The number of carbonyl (C=O) groups is 1. The molecule has 4 rings (SSSR count). The molecule has 10 nitrogen and oxygen atoms in total. The van der Waals surface area contributed by atoms with Crippen LogP contribution in [-0.2, 0) is 16.0 Å². The zero-order chi connectivity index (χ0) is 20.9. The summed E-state index contributed by atoms with van der Waals surface area (Å²) >= 11 is 0. The zero-order valence-electron chi connectivity index (χ0n) is 15.9. The number of benzene rings is 1. The van der Waals surface area contributed by atoms with Gasteiger partial charge in [0.1, 0.15) is 24.4 Å². The van der Waals surface area contributed by atoms with E-state index in [0.717, 1.165) is 25.9 Å². The number of aliphatic hydroxyl groups is 3. The van der Waals surface area contributed by atoms with Crippen molar-refractivity contribution in [1.29, 1.82) is 0 Å². The third-order valence-electron chi connectivity index (χ3n) is 5.93. The van der Waals surface area contributed by atoms with Crippen molar-refractivity contribution in [2.24, 2.45) is 0 Å². The van der Waals surface area contributed by atoms with Crippen molar-refractivity contribution in [2.75, 3.05) is 26.8 Å². The number of rotatable bonds is 4. The summed E-state index contributed by atoms with van der Waals surface area (Å²) in [4.78, 5) is 14.9. The number of phenols is 2.